The Kier molecular flexibility index (Phi) is 2.91. The van der Waals surface area contributed by atoms with Crippen molar-refractivity contribution < 1.29 is 17.2 Å². The zero-order valence-electron chi connectivity index (χ0n) is 4.29. The molecule has 8 heavy (non-hydrogen) atoms. The molecule has 0 unspecified atom stereocenters. The van der Waals surface area contributed by atoms with Crippen molar-refractivity contribution in [2.24, 2.45) is 0 Å². The highest BCUT2D eigenvalue weighted by Crippen LogP contribution is 1.79. The zero-order chi connectivity index (χ0) is 6.62. The lowest BCUT2D eigenvalue weighted by Gasteiger charge is -1.94. The minimum Gasteiger partial charge on any atom is -0.297 e. The molecule has 0 heterocycles. The largest absolute Gasteiger partial charge is 0.398 e. The van der Waals surface area contributed by atoms with Crippen LogP contribution < -0.4 is 5.32 Å². The highest BCUT2D eigenvalue weighted by atomic mass is 32.3. The van der Waals surface area contributed by atoms with Gasteiger partial charge in [-0.25, -0.2) is 4.18 Å². The fraction of sp³-hybridized carbons (Fsp3) is 1.00. The van der Waals surface area contributed by atoms with Gasteiger partial charge in [0.15, 0.2) is 0 Å². The minimum atomic E-state index is -4.25. The molecule has 5 nitrogen and oxygen atoms in total. The molecule has 0 amide bonds. The molecule has 0 atom stereocenters. The van der Waals surface area contributed by atoms with Crippen LogP contribution >= 0.6 is 0 Å². The Balaban J connectivity index is 3.42. The quantitative estimate of drug-likeness (QED) is 0.389. The monoisotopic (exact) mass is 141 g/mol. The van der Waals surface area contributed by atoms with Crippen LogP contribution in [0.25, 0.3) is 0 Å². The van der Waals surface area contributed by atoms with E-state index in [-0.39, 0.29) is 6.73 Å². The lowest BCUT2D eigenvalue weighted by molar-refractivity contribution is 0.255. The summed E-state index contributed by atoms with van der Waals surface area (Å²) in [7, 11) is -2.76. The van der Waals surface area contributed by atoms with Gasteiger partial charge in [0, 0.05) is 0 Å². The van der Waals surface area contributed by atoms with E-state index in [1.54, 1.807) is 0 Å². The van der Waals surface area contributed by atoms with Gasteiger partial charge in [0.25, 0.3) is 0 Å². The normalized spacial score (nSPS) is 11.8. The van der Waals surface area contributed by atoms with Gasteiger partial charge in [-0.05, 0) is 7.05 Å². The van der Waals surface area contributed by atoms with Crippen LogP contribution in [0.4, 0.5) is 0 Å². The highest BCUT2D eigenvalue weighted by Gasteiger charge is 1.99. The lowest BCUT2D eigenvalue weighted by atomic mass is 11.2. The van der Waals surface area contributed by atoms with Crippen molar-refractivity contribution in [1.29, 1.82) is 0 Å². The Bertz CT molecular complexity index is 138. The van der Waals surface area contributed by atoms with E-state index < -0.39 is 10.4 Å². The van der Waals surface area contributed by atoms with E-state index in [0.29, 0.717) is 0 Å². The second kappa shape index (κ2) is 2.98. The maximum atomic E-state index is 9.68. The Morgan fingerprint density at radius 1 is 1.75 bits per heavy atom. The van der Waals surface area contributed by atoms with Gasteiger partial charge in [-0.15, -0.1) is 0 Å². The molecule has 0 aromatic carbocycles. The summed E-state index contributed by atoms with van der Waals surface area (Å²) in [5.41, 5.74) is 0. The first kappa shape index (κ1) is 7.83. The second-order valence-electron chi connectivity index (χ2n) is 1.04. The zero-order valence-corrected chi connectivity index (χ0v) is 5.10. The number of hydrogen-bond donors (Lipinski definition) is 2. The fourth-order valence-corrected chi connectivity index (χ4v) is 0.400. The van der Waals surface area contributed by atoms with Gasteiger partial charge in [0.1, 0.15) is 6.73 Å². The van der Waals surface area contributed by atoms with E-state index in [0.717, 1.165) is 0 Å². The van der Waals surface area contributed by atoms with Crippen LogP contribution in [0.3, 0.4) is 0 Å². The van der Waals surface area contributed by atoms with Crippen LogP contribution in [0.5, 0.6) is 0 Å². The maximum Gasteiger partial charge on any atom is 0.398 e. The van der Waals surface area contributed by atoms with E-state index in [2.05, 4.69) is 9.50 Å². The van der Waals surface area contributed by atoms with E-state index >= 15 is 0 Å². The Labute approximate surface area is 47.6 Å². The average molecular weight is 141 g/mol. The van der Waals surface area contributed by atoms with E-state index in [1.165, 1.54) is 7.05 Å². The van der Waals surface area contributed by atoms with Crippen molar-refractivity contribution in [3.63, 3.8) is 0 Å². The third-order valence-corrected chi connectivity index (χ3v) is 0.768. The van der Waals surface area contributed by atoms with Gasteiger partial charge in [-0.3, -0.25) is 9.87 Å². The standard InChI is InChI=1S/C2H7NO4S/c1-3-2-7-8(4,5)6/h3H,2H2,1H3,(H,4,5,6). The van der Waals surface area contributed by atoms with Crippen LogP contribution in [-0.2, 0) is 14.6 Å². The van der Waals surface area contributed by atoms with Gasteiger partial charge < -0.3 is 0 Å². The first-order valence-corrected chi connectivity index (χ1v) is 3.19. The first-order valence-electron chi connectivity index (χ1n) is 1.82. The molecule has 0 aromatic heterocycles. The molecule has 0 rings (SSSR count). The van der Waals surface area contributed by atoms with Crippen molar-refractivity contribution in [3.8, 4) is 0 Å². The Morgan fingerprint density at radius 2 is 2.25 bits per heavy atom. The molecule has 0 bridgehead atoms. The molecule has 0 aliphatic carbocycles. The van der Waals surface area contributed by atoms with Crippen molar-refractivity contribution in [3.05, 3.63) is 0 Å². The van der Waals surface area contributed by atoms with Crippen molar-refractivity contribution in [1.82, 2.24) is 5.32 Å². The van der Waals surface area contributed by atoms with E-state index in [1.807, 2.05) is 0 Å². The van der Waals surface area contributed by atoms with Crippen LogP contribution in [0.15, 0.2) is 0 Å². The molecular formula is C2H7NO4S. The summed E-state index contributed by atoms with van der Waals surface area (Å²) in [6.45, 7) is -0.209. The van der Waals surface area contributed by atoms with Crippen molar-refractivity contribution >= 4 is 10.4 Å². The van der Waals surface area contributed by atoms with Crippen molar-refractivity contribution in [2.75, 3.05) is 13.8 Å². The average Bonchev–Trinajstić information content (AvgIpc) is 1.59. The summed E-state index contributed by atoms with van der Waals surface area (Å²) >= 11 is 0. The first-order chi connectivity index (χ1) is 3.56. The Hall–Kier alpha value is -0.170. The minimum absolute atomic E-state index is 0.209. The predicted octanol–water partition coefficient (Wildman–Crippen LogP) is -1.02. The van der Waals surface area contributed by atoms with Gasteiger partial charge in [0.2, 0.25) is 0 Å². The molecule has 0 aromatic rings. The fourth-order valence-electron chi connectivity index (χ4n) is 0.133. The van der Waals surface area contributed by atoms with Crippen LogP contribution in [0.2, 0.25) is 0 Å². The molecule has 0 saturated carbocycles. The summed E-state index contributed by atoms with van der Waals surface area (Å²) in [6.07, 6.45) is 0. The molecule has 0 aliphatic heterocycles. The van der Waals surface area contributed by atoms with E-state index in [4.69, 9.17) is 4.55 Å². The molecule has 0 fully saturated rings. The molecule has 6 heteroatoms. The number of hydrogen-bond acceptors (Lipinski definition) is 4. The molecule has 0 spiro atoms. The van der Waals surface area contributed by atoms with Crippen molar-refractivity contribution in [2.45, 2.75) is 0 Å². The number of rotatable bonds is 3. The van der Waals surface area contributed by atoms with Crippen LogP contribution in [0, 0.1) is 0 Å². The SMILES string of the molecule is CNCOS(=O)(=O)O. The molecule has 50 valence electrons. The van der Waals surface area contributed by atoms with Crippen LogP contribution in [-0.4, -0.2) is 26.7 Å². The lowest BCUT2D eigenvalue weighted by Crippen LogP contribution is -2.15. The molecule has 2 N–H and O–H groups in total. The summed E-state index contributed by atoms with van der Waals surface area (Å²) in [6, 6.07) is 0. The molecule has 0 radical (unpaired) electrons. The van der Waals surface area contributed by atoms with E-state index in [9.17, 15) is 8.42 Å². The topological polar surface area (TPSA) is 75.6 Å². The summed E-state index contributed by atoms with van der Waals surface area (Å²) in [4.78, 5) is 0. The molecule has 0 saturated heterocycles. The summed E-state index contributed by atoms with van der Waals surface area (Å²) in [5, 5.41) is 2.36. The third-order valence-electron chi connectivity index (χ3n) is 0.352. The van der Waals surface area contributed by atoms with Gasteiger partial charge in [0.05, 0.1) is 0 Å². The second-order valence-corrected chi connectivity index (χ2v) is 2.13. The molecule has 0 aliphatic rings. The van der Waals surface area contributed by atoms with Crippen LogP contribution in [0.1, 0.15) is 0 Å². The van der Waals surface area contributed by atoms with Gasteiger partial charge in [-0.1, -0.05) is 0 Å². The summed E-state index contributed by atoms with van der Waals surface area (Å²) in [5.74, 6) is 0. The van der Waals surface area contributed by atoms with Gasteiger partial charge >= 0.3 is 10.4 Å². The molecular weight excluding hydrogens is 134 g/mol. The summed E-state index contributed by atoms with van der Waals surface area (Å²) < 4.78 is 31.0. The highest BCUT2D eigenvalue weighted by molar-refractivity contribution is 7.80. The third kappa shape index (κ3) is 5.83. The van der Waals surface area contributed by atoms with Gasteiger partial charge in [-0.2, -0.15) is 8.42 Å². The smallest absolute Gasteiger partial charge is 0.297 e. The number of nitrogens with one attached hydrogen (secondary N) is 1. The predicted molar refractivity (Wildman–Crippen MR) is 26.6 cm³/mol. The Morgan fingerprint density at radius 3 is 2.38 bits per heavy atom. The maximum absolute atomic E-state index is 9.68.